The van der Waals surface area contributed by atoms with E-state index in [1.165, 1.54) is 14.2 Å². The monoisotopic (exact) mass is 329 g/mol. The van der Waals surface area contributed by atoms with Crippen LogP contribution in [-0.2, 0) is 15.4 Å². The zero-order valence-corrected chi connectivity index (χ0v) is 14.5. The van der Waals surface area contributed by atoms with Gasteiger partial charge in [-0.05, 0) is 23.1 Å². The highest BCUT2D eigenvalue weighted by Gasteiger charge is 2.21. The normalized spacial score (nSPS) is 11.7. The Hall–Kier alpha value is -1.96. The molecular formula is C14H23N3O4S. The molecule has 22 heavy (non-hydrogen) atoms. The van der Waals surface area contributed by atoms with E-state index in [0.717, 1.165) is 11.8 Å². The fourth-order valence-corrected chi connectivity index (χ4v) is 2.39. The molecule has 0 aromatic heterocycles. The fraction of sp³-hybridized carbons (Fsp3) is 0.500. The number of nitrogens with one attached hydrogen (secondary N) is 3. The van der Waals surface area contributed by atoms with Crippen LogP contribution >= 0.6 is 0 Å². The van der Waals surface area contributed by atoms with Gasteiger partial charge in [0.15, 0.2) is 5.75 Å². The molecule has 8 heteroatoms. The number of anilines is 2. The standard InChI is InChI=1S/C14H23N3O4S/c1-14(2,3)9-7-10(16-13(18)15-4)12(21-5)11(8-9)17-22(6,19)20/h7-8,17H,1-6H3,(H2,15,16,18). The minimum atomic E-state index is -3.48. The summed E-state index contributed by atoms with van der Waals surface area (Å²) in [4.78, 5) is 11.6. The van der Waals surface area contributed by atoms with Gasteiger partial charge in [-0.1, -0.05) is 20.8 Å². The quantitative estimate of drug-likeness (QED) is 0.788. The van der Waals surface area contributed by atoms with Crippen LogP contribution in [0.2, 0.25) is 0 Å². The van der Waals surface area contributed by atoms with E-state index >= 15 is 0 Å². The van der Waals surface area contributed by atoms with Gasteiger partial charge in [0, 0.05) is 7.05 Å². The van der Waals surface area contributed by atoms with Crippen molar-refractivity contribution in [1.82, 2.24) is 5.32 Å². The maximum Gasteiger partial charge on any atom is 0.319 e. The van der Waals surface area contributed by atoms with Gasteiger partial charge in [0.1, 0.15) is 0 Å². The minimum absolute atomic E-state index is 0.237. The number of ether oxygens (including phenoxy) is 1. The van der Waals surface area contributed by atoms with Gasteiger partial charge < -0.3 is 15.4 Å². The fourth-order valence-electron chi connectivity index (χ4n) is 1.83. The van der Waals surface area contributed by atoms with Gasteiger partial charge in [-0.15, -0.1) is 0 Å². The van der Waals surface area contributed by atoms with Crippen molar-refractivity contribution in [1.29, 1.82) is 0 Å². The molecule has 0 fully saturated rings. The second-order valence-corrected chi connectivity index (χ2v) is 7.68. The van der Waals surface area contributed by atoms with Crippen LogP contribution in [-0.4, -0.2) is 34.9 Å². The Bertz CT molecular complexity index is 663. The first-order valence-electron chi connectivity index (χ1n) is 6.67. The molecule has 0 unspecified atom stereocenters. The number of benzene rings is 1. The van der Waals surface area contributed by atoms with E-state index in [1.54, 1.807) is 12.1 Å². The van der Waals surface area contributed by atoms with Crippen molar-refractivity contribution in [3.8, 4) is 5.75 Å². The van der Waals surface area contributed by atoms with Crippen LogP contribution < -0.4 is 20.1 Å². The summed E-state index contributed by atoms with van der Waals surface area (Å²) in [5.74, 6) is 0.252. The van der Waals surface area contributed by atoms with Crippen LogP contribution in [0.15, 0.2) is 12.1 Å². The summed E-state index contributed by atoms with van der Waals surface area (Å²) in [7, 11) is -0.579. The Morgan fingerprint density at radius 2 is 1.73 bits per heavy atom. The van der Waals surface area contributed by atoms with Crippen LogP contribution in [0.3, 0.4) is 0 Å². The topological polar surface area (TPSA) is 96.5 Å². The molecule has 0 aliphatic carbocycles. The summed E-state index contributed by atoms with van der Waals surface area (Å²) in [5, 5.41) is 5.09. The van der Waals surface area contributed by atoms with Crippen molar-refractivity contribution < 1.29 is 17.9 Å². The first-order chi connectivity index (χ1) is 9.97. The van der Waals surface area contributed by atoms with Crippen molar-refractivity contribution in [2.24, 2.45) is 0 Å². The lowest BCUT2D eigenvalue weighted by Crippen LogP contribution is -2.25. The van der Waals surface area contributed by atoms with Crippen LogP contribution in [0.4, 0.5) is 16.2 Å². The highest BCUT2D eigenvalue weighted by Crippen LogP contribution is 2.38. The van der Waals surface area contributed by atoms with Crippen molar-refractivity contribution in [2.45, 2.75) is 26.2 Å². The predicted octanol–water partition coefficient (Wildman–Crippen LogP) is 2.12. The zero-order chi connectivity index (χ0) is 17.1. The molecule has 1 aromatic rings. The van der Waals surface area contributed by atoms with E-state index in [0.29, 0.717) is 5.69 Å². The lowest BCUT2D eigenvalue weighted by atomic mass is 9.86. The third-order valence-electron chi connectivity index (χ3n) is 2.93. The second-order valence-electron chi connectivity index (χ2n) is 5.93. The molecule has 0 heterocycles. The minimum Gasteiger partial charge on any atom is -0.492 e. The summed E-state index contributed by atoms with van der Waals surface area (Å²) in [6, 6.07) is 3.05. The summed E-state index contributed by atoms with van der Waals surface area (Å²) in [5.41, 5.74) is 1.29. The van der Waals surface area contributed by atoms with Gasteiger partial charge in [0.05, 0.1) is 24.7 Å². The molecule has 0 spiro atoms. The number of methoxy groups -OCH3 is 1. The number of carbonyl (C=O) groups is 1. The van der Waals surface area contributed by atoms with E-state index < -0.39 is 16.1 Å². The smallest absolute Gasteiger partial charge is 0.319 e. The van der Waals surface area contributed by atoms with Crippen LogP contribution in [0, 0.1) is 0 Å². The first-order valence-corrected chi connectivity index (χ1v) is 8.56. The van der Waals surface area contributed by atoms with Crippen molar-refractivity contribution in [2.75, 3.05) is 30.5 Å². The third kappa shape index (κ3) is 4.80. The van der Waals surface area contributed by atoms with E-state index in [2.05, 4.69) is 15.4 Å². The Morgan fingerprint density at radius 3 is 2.14 bits per heavy atom. The van der Waals surface area contributed by atoms with Gasteiger partial charge in [-0.25, -0.2) is 13.2 Å². The zero-order valence-electron chi connectivity index (χ0n) is 13.7. The van der Waals surface area contributed by atoms with Crippen molar-refractivity contribution in [3.63, 3.8) is 0 Å². The Balaban J connectivity index is 3.52. The molecule has 2 amide bonds. The highest BCUT2D eigenvalue weighted by molar-refractivity contribution is 7.92. The van der Waals surface area contributed by atoms with E-state index in [1.807, 2.05) is 20.8 Å². The average Bonchev–Trinajstić information content (AvgIpc) is 2.35. The third-order valence-corrected chi connectivity index (χ3v) is 3.52. The largest absolute Gasteiger partial charge is 0.492 e. The molecule has 0 atom stereocenters. The number of sulfonamides is 1. The summed E-state index contributed by atoms with van der Waals surface area (Å²) in [6.45, 7) is 5.97. The van der Waals surface area contributed by atoms with Gasteiger partial charge in [-0.2, -0.15) is 0 Å². The van der Waals surface area contributed by atoms with Crippen molar-refractivity contribution >= 4 is 27.4 Å². The molecule has 0 saturated carbocycles. The number of carbonyl (C=O) groups excluding carboxylic acids is 1. The summed E-state index contributed by atoms with van der Waals surface area (Å²) < 4.78 is 30.8. The molecule has 0 bridgehead atoms. The molecule has 0 aliphatic rings. The maximum atomic E-state index is 11.6. The predicted molar refractivity (Wildman–Crippen MR) is 88.2 cm³/mol. The Labute approximate surface area is 131 Å². The Morgan fingerprint density at radius 1 is 1.18 bits per heavy atom. The molecule has 124 valence electrons. The number of urea groups is 1. The van der Waals surface area contributed by atoms with E-state index in [-0.39, 0.29) is 16.9 Å². The molecule has 0 aliphatic heterocycles. The van der Waals surface area contributed by atoms with Gasteiger partial charge in [-0.3, -0.25) is 4.72 Å². The number of hydrogen-bond acceptors (Lipinski definition) is 4. The molecule has 3 N–H and O–H groups in total. The van der Waals surface area contributed by atoms with Gasteiger partial charge in [0.25, 0.3) is 0 Å². The van der Waals surface area contributed by atoms with Crippen molar-refractivity contribution in [3.05, 3.63) is 17.7 Å². The lowest BCUT2D eigenvalue weighted by molar-refractivity contribution is 0.254. The number of rotatable bonds is 4. The van der Waals surface area contributed by atoms with E-state index in [9.17, 15) is 13.2 Å². The summed E-state index contributed by atoms with van der Waals surface area (Å²) >= 11 is 0. The molecule has 1 aromatic carbocycles. The number of amides is 2. The lowest BCUT2D eigenvalue weighted by Gasteiger charge is -2.23. The first kappa shape index (κ1) is 18.1. The summed E-state index contributed by atoms with van der Waals surface area (Å²) in [6.07, 6.45) is 1.06. The SMILES string of the molecule is CNC(=O)Nc1cc(C(C)(C)C)cc(NS(C)(=O)=O)c1OC. The highest BCUT2D eigenvalue weighted by atomic mass is 32.2. The molecule has 7 nitrogen and oxygen atoms in total. The van der Waals surface area contributed by atoms with Gasteiger partial charge >= 0.3 is 6.03 Å². The van der Waals surface area contributed by atoms with Crippen LogP contribution in [0.1, 0.15) is 26.3 Å². The van der Waals surface area contributed by atoms with Crippen LogP contribution in [0.25, 0.3) is 0 Å². The van der Waals surface area contributed by atoms with E-state index in [4.69, 9.17) is 4.74 Å². The van der Waals surface area contributed by atoms with Gasteiger partial charge in [0.2, 0.25) is 10.0 Å². The second kappa shape index (κ2) is 6.43. The molecule has 1 rings (SSSR count). The van der Waals surface area contributed by atoms with Crippen LogP contribution in [0.5, 0.6) is 5.75 Å². The average molecular weight is 329 g/mol. The Kier molecular flexibility index (Phi) is 5.29. The number of hydrogen-bond donors (Lipinski definition) is 3. The molecular weight excluding hydrogens is 306 g/mol. The molecule has 0 saturated heterocycles. The maximum absolute atomic E-state index is 11.6. The molecule has 0 radical (unpaired) electrons.